The van der Waals surface area contributed by atoms with Gasteiger partial charge in [0.25, 0.3) is 0 Å². The molecule has 1 aliphatic rings. The van der Waals surface area contributed by atoms with Crippen molar-refractivity contribution in [1.82, 2.24) is 4.90 Å². The molecule has 1 aromatic carbocycles. The topological polar surface area (TPSA) is 44.1 Å². The van der Waals surface area contributed by atoms with E-state index >= 15 is 0 Å². The second-order valence-electron chi connectivity index (χ2n) is 4.27. The van der Waals surface area contributed by atoms with E-state index in [1.54, 1.807) is 12.1 Å². The highest BCUT2D eigenvalue weighted by Gasteiger charge is 2.17. The smallest absolute Gasteiger partial charge is 0.146 e. The van der Waals surface area contributed by atoms with Crippen molar-refractivity contribution in [2.45, 2.75) is 19.4 Å². The third-order valence-electron chi connectivity index (χ3n) is 2.91. The lowest BCUT2D eigenvalue weighted by molar-refractivity contribution is -0.122. The quantitative estimate of drug-likeness (QED) is 0.781. The lowest BCUT2D eigenvalue weighted by Gasteiger charge is -2.25. The van der Waals surface area contributed by atoms with Gasteiger partial charge in [0.15, 0.2) is 0 Å². The number of carbonyl (C=O) groups excluding carboxylic acids is 1. The number of halogens is 1. The molecule has 0 amide bonds. The van der Waals surface area contributed by atoms with Gasteiger partial charge in [0.2, 0.25) is 0 Å². The van der Waals surface area contributed by atoms with Crippen LogP contribution in [0.2, 0.25) is 0 Å². The molecule has 0 atom stereocenters. The molecule has 1 aromatic rings. The molecule has 88 valence electrons. The largest absolute Gasteiger partial charge is 0.298 e. The standard InChI is InChI=1S/C13H13FN2O/c14-13-6-10(7-15)3-4-11(13)8-16-5-1-2-12(17)9-16/h3-4,6H,1-2,5,8-9H2. The van der Waals surface area contributed by atoms with Gasteiger partial charge in [0.1, 0.15) is 11.6 Å². The average Bonchev–Trinajstić information content (AvgIpc) is 2.32. The number of hydrogen-bond acceptors (Lipinski definition) is 3. The number of nitrogens with zero attached hydrogens (tertiary/aromatic N) is 2. The summed E-state index contributed by atoms with van der Waals surface area (Å²) >= 11 is 0. The summed E-state index contributed by atoms with van der Waals surface area (Å²) in [6.45, 7) is 1.66. The molecule has 4 heteroatoms. The first-order chi connectivity index (χ1) is 8.19. The zero-order chi connectivity index (χ0) is 12.3. The van der Waals surface area contributed by atoms with Gasteiger partial charge in [-0.3, -0.25) is 9.69 Å². The van der Waals surface area contributed by atoms with Crippen molar-refractivity contribution in [3.05, 3.63) is 35.1 Å². The average molecular weight is 232 g/mol. The van der Waals surface area contributed by atoms with Crippen LogP contribution in [0.25, 0.3) is 0 Å². The summed E-state index contributed by atoms with van der Waals surface area (Å²) in [6.07, 6.45) is 1.48. The molecule has 1 saturated heterocycles. The molecule has 0 unspecified atom stereocenters. The molecule has 0 aliphatic carbocycles. The predicted octanol–water partition coefficient (Wildman–Crippen LogP) is 1.86. The lowest BCUT2D eigenvalue weighted by Crippen LogP contribution is -2.35. The van der Waals surface area contributed by atoms with Crippen molar-refractivity contribution in [3.63, 3.8) is 0 Å². The first-order valence-electron chi connectivity index (χ1n) is 5.61. The molecule has 2 rings (SSSR count). The monoisotopic (exact) mass is 232 g/mol. The number of carbonyl (C=O) groups is 1. The number of rotatable bonds is 2. The van der Waals surface area contributed by atoms with Crippen molar-refractivity contribution < 1.29 is 9.18 Å². The zero-order valence-corrected chi connectivity index (χ0v) is 9.45. The van der Waals surface area contributed by atoms with Gasteiger partial charge in [-0.25, -0.2) is 4.39 Å². The van der Waals surface area contributed by atoms with Gasteiger partial charge < -0.3 is 0 Å². The fraction of sp³-hybridized carbons (Fsp3) is 0.385. The van der Waals surface area contributed by atoms with Crippen molar-refractivity contribution in [1.29, 1.82) is 5.26 Å². The van der Waals surface area contributed by atoms with Crippen LogP contribution in [0.4, 0.5) is 4.39 Å². The van der Waals surface area contributed by atoms with E-state index in [4.69, 9.17) is 5.26 Å². The van der Waals surface area contributed by atoms with Crippen LogP contribution < -0.4 is 0 Å². The second-order valence-corrected chi connectivity index (χ2v) is 4.27. The van der Waals surface area contributed by atoms with Gasteiger partial charge >= 0.3 is 0 Å². The van der Waals surface area contributed by atoms with Crippen molar-refractivity contribution in [3.8, 4) is 6.07 Å². The highest BCUT2D eigenvalue weighted by atomic mass is 19.1. The molecule has 0 saturated carbocycles. The van der Waals surface area contributed by atoms with E-state index in [-0.39, 0.29) is 11.6 Å². The summed E-state index contributed by atoms with van der Waals surface area (Å²) in [6, 6.07) is 6.35. The first kappa shape index (κ1) is 11.7. The maximum atomic E-state index is 13.6. The van der Waals surface area contributed by atoms with E-state index < -0.39 is 0 Å². The SMILES string of the molecule is N#Cc1ccc(CN2CCCC(=O)C2)c(F)c1. The number of benzene rings is 1. The number of Topliss-reactive ketones (excluding diaryl/α,β-unsaturated/α-hetero) is 1. The number of likely N-dealkylation sites (tertiary alicyclic amines) is 1. The van der Waals surface area contributed by atoms with E-state index in [1.165, 1.54) is 6.07 Å². The molecular weight excluding hydrogens is 219 g/mol. The molecule has 0 aromatic heterocycles. The van der Waals surface area contributed by atoms with E-state index in [1.807, 2.05) is 11.0 Å². The Bertz CT molecular complexity index is 479. The second kappa shape index (κ2) is 5.07. The van der Waals surface area contributed by atoms with Crippen LogP contribution in [0.15, 0.2) is 18.2 Å². The highest BCUT2D eigenvalue weighted by molar-refractivity contribution is 5.81. The van der Waals surface area contributed by atoms with Crippen molar-refractivity contribution in [2.24, 2.45) is 0 Å². The van der Waals surface area contributed by atoms with Crippen molar-refractivity contribution in [2.75, 3.05) is 13.1 Å². The van der Waals surface area contributed by atoms with Gasteiger partial charge in [-0.2, -0.15) is 5.26 Å². The molecule has 1 fully saturated rings. The van der Waals surface area contributed by atoms with Crippen LogP contribution >= 0.6 is 0 Å². The minimum absolute atomic E-state index is 0.213. The van der Waals surface area contributed by atoms with E-state index in [2.05, 4.69) is 0 Å². The molecular formula is C13H13FN2O. The third kappa shape index (κ3) is 2.89. The summed E-state index contributed by atoms with van der Waals surface area (Å²) in [5.41, 5.74) is 0.861. The Kier molecular flexibility index (Phi) is 3.50. The van der Waals surface area contributed by atoms with Crippen LogP contribution in [0.3, 0.4) is 0 Å². The fourth-order valence-electron chi connectivity index (χ4n) is 2.03. The van der Waals surface area contributed by atoms with Gasteiger partial charge in [-0.05, 0) is 25.1 Å². The van der Waals surface area contributed by atoms with Crippen LogP contribution in [0.1, 0.15) is 24.0 Å². The van der Waals surface area contributed by atoms with Gasteiger partial charge in [0, 0.05) is 18.5 Å². The summed E-state index contributed by atoms with van der Waals surface area (Å²) in [5, 5.41) is 8.64. The summed E-state index contributed by atoms with van der Waals surface area (Å²) < 4.78 is 13.6. The molecule has 0 spiro atoms. The van der Waals surface area contributed by atoms with E-state index in [0.717, 1.165) is 13.0 Å². The summed E-state index contributed by atoms with van der Waals surface area (Å²) in [4.78, 5) is 13.2. The van der Waals surface area contributed by atoms with Gasteiger partial charge in [0.05, 0.1) is 18.2 Å². The van der Waals surface area contributed by atoms with Crippen LogP contribution in [0.5, 0.6) is 0 Å². The van der Waals surface area contributed by atoms with Crippen LogP contribution in [-0.4, -0.2) is 23.8 Å². The minimum atomic E-state index is -0.373. The molecule has 1 heterocycles. The maximum Gasteiger partial charge on any atom is 0.146 e. The summed E-state index contributed by atoms with van der Waals surface area (Å²) in [7, 11) is 0. The Hall–Kier alpha value is -1.73. The molecule has 0 N–H and O–H groups in total. The fourth-order valence-corrected chi connectivity index (χ4v) is 2.03. The first-order valence-corrected chi connectivity index (χ1v) is 5.61. The molecule has 0 bridgehead atoms. The van der Waals surface area contributed by atoms with Gasteiger partial charge in [-0.15, -0.1) is 0 Å². The normalized spacial score (nSPS) is 16.8. The van der Waals surface area contributed by atoms with Gasteiger partial charge in [-0.1, -0.05) is 6.07 Å². The Morgan fingerprint density at radius 3 is 2.94 bits per heavy atom. The third-order valence-corrected chi connectivity index (χ3v) is 2.91. The number of hydrogen-bond donors (Lipinski definition) is 0. The summed E-state index contributed by atoms with van der Waals surface area (Å²) in [5.74, 6) is -0.160. The number of piperidine rings is 1. The Morgan fingerprint density at radius 1 is 1.47 bits per heavy atom. The van der Waals surface area contributed by atoms with E-state index in [9.17, 15) is 9.18 Å². The van der Waals surface area contributed by atoms with E-state index in [0.29, 0.717) is 30.6 Å². The van der Waals surface area contributed by atoms with Crippen LogP contribution in [0, 0.1) is 17.1 Å². The zero-order valence-electron chi connectivity index (χ0n) is 9.45. The molecule has 17 heavy (non-hydrogen) atoms. The van der Waals surface area contributed by atoms with Crippen molar-refractivity contribution >= 4 is 5.78 Å². The predicted molar refractivity (Wildman–Crippen MR) is 60.6 cm³/mol. The lowest BCUT2D eigenvalue weighted by atomic mass is 10.1. The van der Waals surface area contributed by atoms with Crippen LogP contribution in [-0.2, 0) is 11.3 Å². The molecule has 1 aliphatic heterocycles. The minimum Gasteiger partial charge on any atom is -0.298 e. The Morgan fingerprint density at radius 2 is 2.29 bits per heavy atom. The Balaban J connectivity index is 2.08. The Labute approximate surface area is 99.5 Å². The molecule has 0 radical (unpaired) electrons. The maximum absolute atomic E-state index is 13.6. The number of ketones is 1. The highest BCUT2D eigenvalue weighted by Crippen LogP contribution is 2.15. The number of nitriles is 1. The molecule has 3 nitrogen and oxygen atoms in total.